The Kier molecular flexibility index (Phi) is 6.40. The largest absolute Gasteiger partial charge is 0.496 e. The highest BCUT2D eigenvalue weighted by Gasteiger charge is 2.28. The molecule has 1 saturated heterocycles. The Morgan fingerprint density at radius 3 is 2.67 bits per heavy atom. The van der Waals surface area contributed by atoms with Crippen LogP contribution in [0.4, 0.5) is 0 Å². The van der Waals surface area contributed by atoms with Crippen molar-refractivity contribution in [3.05, 3.63) is 63.7 Å². The zero-order valence-electron chi connectivity index (χ0n) is 17.2. The smallest absolute Gasteiger partial charge is 0.229 e. The molecular weight excluding hydrogens is 400 g/mol. The number of nitrogens with one attached hydrogen (secondary N) is 1. The number of hydrogen-bond acceptors (Lipinski definition) is 4. The van der Waals surface area contributed by atoms with Gasteiger partial charge in [0.15, 0.2) is 0 Å². The minimum absolute atomic E-state index is 0.0517. The second kappa shape index (κ2) is 9.19. The monoisotopic (exact) mass is 426 g/mol. The van der Waals surface area contributed by atoms with Gasteiger partial charge < -0.3 is 10.1 Å². The predicted molar refractivity (Wildman–Crippen MR) is 117 cm³/mol. The SMILES string of the molecule is COc1cc(CN[C@@H]2CCc3cc(Cl)ccc32)ccc1CCCN1C(=O)CCC1=O. The molecule has 2 aliphatic rings. The first kappa shape index (κ1) is 20.9. The second-order valence-corrected chi connectivity index (χ2v) is 8.44. The van der Waals surface area contributed by atoms with Gasteiger partial charge in [0.25, 0.3) is 0 Å². The Morgan fingerprint density at radius 1 is 1.10 bits per heavy atom. The topological polar surface area (TPSA) is 58.6 Å². The van der Waals surface area contributed by atoms with Gasteiger partial charge in [0, 0.05) is 37.0 Å². The van der Waals surface area contributed by atoms with E-state index in [4.69, 9.17) is 16.3 Å². The zero-order valence-corrected chi connectivity index (χ0v) is 18.0. The number of halogens is 1. The number of aryl methyl sites for hydroxylation is 2. The number of amides is 2. The van der Waals surface area contributed by atoms with Gasteiger partial charge in [-0.2, -0.15) is 0 Å². The van der Waals surface area contributed by atoms with Crippen molar-refractivity contribution in [3.8, 4) is 5.75 Å². The van der Waals surface area contributed by atoms with Crippen LogP contribution in [0.2, 0.25) is 5.02 Å². The Bertz CT molecular complexity index is 943. The van der Waals surface area contributed by atoms with Crippen LogP contribution in [0.1, 0.15) is 54.0 Å². The molecule has 158 valence electrons. The van der Waals surface area contributed by atoms with Gasteiger partial charge in [-0.05, 0) is 66.1 Å². The summed E-state index contributed by atoms with van der Waals surface area (Å²) in [5.74, 6) is 0.750. The van der Waals surface area contributed by atoms with Gasteiger partial charge in [0.1, 0.15) is 5.75 Å². The molecule has 0 spiro atoms. The highest BCUT2D eigenvalue weighted by Crippen LogP contribution is 2.33. The van der Waals surface area contributed by atoms with E-state index in [2.05, 4.69) is 35.6 Å². The number of hydrogen-bond donors (Lipinski definition) is 1. The van der Waals surface area contributed by atoms with Gasteiger partial charge in [0.2, 0.25) is 11.8 Å². The summed E-state index contributed by atoms with van der Waals surface area (Å²) >= 11 is 6.11. The van der Waals surface area contributed by atoms with Crippen LogP contribution in [0.5, 0.6) is 5.75 Å². The third-order valence-corrected chi connectivity index (χ3v) is 6.30. The van der Waals surface area contributed by atoms with Gasteiger partial charge in [-0.1, -0.05) is 29.8 Å². The Morgan fingerprint density at radius 2 is 1.90 bits per heavy atom. The average molecular weight is 427 g/mol. The third-order valence-electron chi connectivity index (χ3n) is 6.07. The fourth-order valence-electron chi connectivity index (χ4n) is 4.44. The van der Waals surface area contributed by atoms with E-state index in [1.807, 2.05) is 6.07 Å². The number of nitrogens with zero attached hydrogens (tertiary/aromatic N) is 1. The molecule has 2 amide bonds. The fourth-order valence-corrected chi connectivity index (χ4v) is 4.64. The molecule has 0 saturated carbocycles. The number of carbonyl (C=O) groups excluding carboxylic acids is 2. The highest BCUT2D eigenvalue weighted by atomic mass is 35.5. The van der Waals surface area contributed by atoms with E-state index in [9.17, 15) is 9.59 Å². The summed E-state index contributed by atoms with van der Waals surface area (Å²) in [5.41, 5.74) is 4.95. The lowest BCUT2D eigenvalue weighted by Crippen LogP contribution is -2.30. The third kappa shape index (κ3) is 4.52. The average Bonchev–Trinajstić information content (AvgIpc) is 3.29. The Hall–Kier alpha value is -2.37. The number of likely N-dealkylation sites (tertiary alicyclic amines) is 1. The first-order valence-corrected chi connectivity index (χ1v) is 10.9. The number of rotatable bonds is 8. The minimum Gasteiger partial charge on any atom is -0.496 e. The number of benzene rings is 2. The molecule has 2 aromatic rings. The number of methoxy groups -OCH3 is 1. The molecule has 1 atom stereocenters. The van der Waals surface area contributed by atoms with Crippen molar-refractivity contribution >= 4 is 23.4 Å². The number of imide groups is 1. The number of ether oxygens (including phenoxy) is 1. The first-order valence-electron chi connectivity index (χ1n) is 10.6. The molecule has 5 nitrogen and oxygen atoms in total. The molecule has 0 unspecified atom stereocenters. The maximum Gasteiger partial charge on any atom is 0.229 e. The van der Waals surface area contributed by atoms with E-state index >= 15 is 0 Å². The number of carbonyl (C=O) groups is 2. The maximum absolute atomic E-state index is 11.7. The van der Waals surface area contributed by atoms with Crippen LogP contribution in [0.15, 0.2) is 36.4 Å². The van der Waals surface area contributed by atoms with Gasteiger partial charge in [-0.3, -0.25) is 14.5 Å². The molecule has 2 aromatic carbocycles. The summed E-state index contributed by atoms with van der Waals surface area (Å²) in [5, 5.41) is 4.45. The van der Waals surface area contributed by atoms with Crippen LogP contribution in [0, 0.1) is 0 Å². The molecule has 4 rings (SSSR count). The fraction of sp³-hybridized carbons (Fsp3) is 0.417. The quantitative estimate of drug-likeness (QED) is 0.642. The van der Waals surface area contributed by atoms with Crippen molar-refractivity contribution in [1.29, 1.82) is 0 Å². The molecule has 1 aliphatic carbocycles. The normalized spacial score (nSPS) is 18.2. The van der Waals surface area contributed by atoms with Crippen molar-refractivity contribution < 1.29 is 14.3 Å². The van der Waals surface area contributed by atoms with Crippen LogP contribution < -0.4 is 10.1 Å². The highest BCUT2D eigenvalue weighted by molar-refractivity contribution is 6.30. The molecule has 1 fully saturated rings. The molecule has 0 aromatic heterocycles. The van der Waals surface area contributed by atoms with E-state index in [0.717, 1.165) is 48.6 Å². The lowest BCUT2D eigenvalue weighted by molar-refractivity contribution is -0.138. The summed E-state index contributed by atoms with van der Waals surface area (Å²) < 4.78 is 5.60. The van der Waals surface area contributed by atoms with Crippen molar-refractivity contribution in [2.24, 2.45) is 0 Å². The van der Waals surface area contributed by atoms with Gasteiger partial charge in [0.05, 0.1) is 7.11 Å². The Labute approximate surface area is 182 Å². The van der Waals surface area contributed by atoms with Crippen LogP contribution in [-0.2, 0) is 29.0 Å². The molecule has 1 N–H and O–H groups in total. The zero-order chi connectivity index (χ0) is 21.1. The lowest BCUT2D eigenvalue weighted by Gasteiger charge is -2.17. The number of fused-ring (bicyclic) bond motifs is 1. The predicted octanol–water partition coefficient (Wildman–Crippen LogP) is 4.21. The lowest BCUT2D eigenvalue weighted by atomic mass is 10.0. The summed E-state index contributed by atoms with van der Waals surface area (Å²) in [6.45, 7) is 1.25. The van der Waals surface area contributed by atoms with E-state index in [-0.39, 0.29) is 11.8 Å². The van der Waals surface area contributed by atoms with Crippen LogP contribution >= 0.6 is 11.6 Å². The van der Waals surface area contributed by atoms with Crippen molar-refractivity contribution in [2.75, 3.05) is 13.7 Å². The molecular formula is C24H27ClN2O3. The molecule has 0 bridgehead atoms. The van der Waals surface area contributed by atoms with Crippen LogP contribution in [0.25, 0.3) is 0 Å². The summed E-state index contributed by atoms with van der Waals surface area (Å²) in [4.78, 5) is 24.9. The van der Waals surface area contributed by atoms with Gasteiger partial charge >= 0.3 is 0 Å². The standard InChI is InChI=1S/C24H27ClN2O3/c1-30-22-13-16(15-26-21-9-6-18-14-19(25)7-8-20(18)21)4-5-17(22)3-2-12-27-23(28)10-11-24(27)29/h4-5,7-8,13-14,21,26H,2-3,6,9-12,15H2,1H3/t21-/m1/s1. The van der Waals surface area contributed by atoms with E-state index in [1.54, 1.807) is 7.11 Å². The van der Waals surface area contributed by atoms with E-state index in [0.29, 0.717) is 25.4 Å². The summed E-state index contributed by atoms with van der Waals surface area (Å²) in [7, 11) is 1.68. The second-order valence-electron chi connectivity index (χ2n) is 8.00. The van der Waals surface area contributed by atoms with Crippen molar-refractivity contribution in [3.63, 3.8) is 0 Å². The molecule has 1 aliphatic heterocycles. The van der Waals surface area contributed by atoms with E-state index < -0.39 is 0 Å². The minimum atomic E-state index is -0.0517. The summed E-state index contributed by atoms with van der Waals surface area (Å²) in [6, 6.07) is 12.8. The maximum atomic E-state index is 11.7. The van der Waals surface area contributed by atoms with Gasteiger partial charge in [-0.15, -0.1) is 0 Å². The molecule has 6 heteroatoms. The summed E-state index contributed by atoms with van der Waals surface area (Å²) in [6.07, 6.45) is 4.35. The first-order chi connectivity index (χ1) is 14.5. The van der Waals surface area contributed by atoms with Crippen molar-refractivity contribution in [1.82, 2.24) is 10.2 Å². The van der Waals surface area contributed by atoms with Crippen molar-refractivity contribution in [2.45, 2.75) is 51.1 Å². The Balaban J connectivity index is 1.33. The molecule has 30 heavy (non-hydrogen) atoms. The van der Waals surface area contributed by atoms with Gasteiger partial charge in [-0.25, -0.2) is 0 Å². The molecule has 0 radical (unpaired) electrons. The van der Waals surface area contributed by atoms with Crippen LogP contribution in [-0.4, -0.2) is 30.4 Å². The van der Waals surface area contributed by atoms with Crippen LogP contribution in [0.3, 0.4) is 0 Å². The molecule has 1 heterocycles. The van der Waals surface area contributed by atoms with E-state index in [1.165, 1.54) is 21.6 Å².